The molecule has 0 amide bonds. The van der Waals surface area contributed by atoms with Crippen LogP contribution in [-0.4, -0.2) is 0 Å². The van der Waals surface area contributed by atoms with Gasteiger partial charge in [-0.1, -0.05) is 72.1 Å². The van der Waals surface area contributed by atoms with Gasteiger partial charge in [0.15, 0.2) is 0 Å². The molecule has 1 radical (unpaired) electrons. The van der Waals surface area contributed by atoms with Gasteiger partial charge in [-0.15, -0.1) is 0 Å². The summed E-state index contributed by atoms with van der Waals surface area (Å²) < 4.78 is 0. The smallest absolute Gasteiger partial charge is 0.0414 e. The van der Waals surface area contributed by atoms with Crippen LogP contribution in [0.25, 0.3) is 0 Å². The molecule has 0 aromatic rings. The summed E-state index contributed by atoms with van der Waals surface area (Å²) in [6.45, 7) is 8.54. The highest BCUT2D eigenvalue weighted by atomic mass is 14.1. The van der Waals surface area contributed by atoms with E-state index in [1.54, 1.807) is 0 Å². The van der Waals surface area contributed by atoms with E-state index >= 15 is 0 Å². The topological polar surface area (TPSA) is 0 Å². The summed E-state index contributed by atoms with van der Waals surface area (Å²) in [4.78, 5) is 0. The zero-order valence-corrected chi connectivity index (χ0v) is 8.94. The molecular weight excluding hydrogens is 144 g/mol. The molecule has 0 heterocycles. The Morgan fingerprint density at radius 1 is 0.917 bits per heavy atom. The van der Waals surface area contributed by atoms with Gasteiger partial charge in [-0.2, -0.15) is 0 Å². The highest BCUT2D eigenvalue weighted by molar-refractivity contribution is 4.60. The molecular formula is C12H25. The van der Waals surface area contributed by atoms with E-state index in [0.29, 0.717) is 0 Å². The molecule has 0 aromatic carbocycles. The van der Waals surface area contributed by atoms with Crippen LogP contribution in [0.1, 0.15) is 65.2 Å². The third kappa shape index (κ3) is 6.69. The van der Waals surface area contributed by atoms with E-state index in [1.165, 1.54) is 44.9 Å². The third-order valence-corrected chi connectivity index (χ3v) is 2.57. The molecule has 73 valence electrons. The van der Waals surface area contributed by atoms with Crippen molar-refractivity contribution in [2.75, 3.05) is 0 Å². The number of rotatable bonds is 8. The minimum absolute atomic E-state index is 0.909. The lowest BCUT2D eigenvalue weighted by atomic mass is 9.94. The fourth-order valence-electron chi connectivity index (χ4n) is 1.70. The SMILES string of the molecule is [CH2]CC(CCC)CCCCCC. The van der Waals surface area contributed by atoms with E-state index in [9.17, 15) is 0 Å². The van der Waals surface area contributed by atoms with Crippen molar-refractivity contribution in [1.29, 1.82) is 0 Å². The van der Waals surface area contributed by atoms with Crippen LogP contribution in [0.2, 0.25) is 0 Å². The van der Waals surface area contributed by atoms with E-state index in [0.717, 1.165) is 12.3 Å². The summed E-state index contributed by atoms with van der Waals surface area (Å²) >= 11 is 0. The Morgan fingerprint density at radius 2 is 1.67 bits per heavy atom. The van der Waals surface area contributed by atoms with Crippen molar-refractivity contribution in [3.05, 3.63) is 6.92 Å². The van der Waals surface area contributed by atoms with Crippen molar-refractivity contribution < 1.29 is 0 Å². The highest BCUT2D eigenvalue weighted by Gasteiger charge is 2.03. The van der Waals surface area contributed by atoms with E-state index in [4.69, 9.17) is 0 Å². The summed E-state index contributed by atoms with van der Waals surface area (Å²) in [6.07, 6.45) is 10.9. The average Bonchev–Trinajstić information content (AvgIpc) is 2.10. The van der Waals surface area contributed by atoms with Crippen LogP contribution in [0.15, 0.2) is 0 Å². The first-order valence-corrected chi connectivity index (χ1v) is 5.64. The van der Waals surface area contributed by atoms with Crippen molar-refractivity contribution in [2.45, 2.75) is 65.2 Å². The average molecular weight is 169 g/mol. The van der Waals surface area contributed by atoms with Crippen molar-refractivity contribution >= 4 is 0 Å². The van der Waals surface area contributed by atoms with Gasteiger partial charge in [0.25, 0.3) is 0 Å². The standard InChI is InChI=1S/C12H25/c1-4-7-8-9-11-12(6-3)10-5-2/h12H,3-11H2,1-2H3. The Bertz CT molecular complexity index is 76.1. The molecule has 0 saturated carbocycles. The fourth-order valence-corrected chi connectivity index (χ4v) is 1.70. The highest BCUT2D eigenvalue weighted by Crippen LogP contribution is 2.18. The second-order valence-corrected chi connectivity index (χ2v) is 3.79. The lowest BCUT2D eigenvalue weighted by Crippen LogP contribution is -1.97. The minimum Gasteiger partial charge on any atom is -0.0654 e. The number of hydrogen-bond acceptors (Lipinski definition) is 0. The molecule has 0 aromatic heterocycles. The normalized spacial score (nSPS) is 13.2. The lowest BCUT2D eigenvalue weighted by Gasteiger charge is -2.12. The van der Waals surface area contributed by atoms with E-state index < -0.39 is 0 Å². The predicted molar refractivity (Wildman–Crippen MR) is 57.1 cm³/mol. The second-order valence-electron chi connectivity index (χ2n) is 3.79. The second kappa shape index (κ2) is 9.09. The van der Waals surface area contributed by atoms with Gasteiger partial charge < -0.3 is 0 Å². The number of hydrogen-bond donors (Lipinski definition) is 0. The quantitative estimate of drug-likeness (QED) is 0.466. The molecule has 0 aliphatic carbocycles. The van der Waals surface area contributed by atoms with Gasteiger partial charge >= 0.3 is 0 Å². The predicted octanol–water partition coefficient (Wildman–Crippen LogP) is 4.60. The summed E-state index contributed by atoms with van der Waals surface area (Å²) in [5.41, 5.74) is 0. The van der Waals surface area contributed by atoms with Gasteiger partial charge in [-0.3, -0.25) is 0 Å². The molecule has 0 aliphatic heterocycles. The molecule has 0 heteroatoms. The Morgan fingerprint density at radius 3 is 2.17 bits per heavy atom. The summed E-state index contributed by atoms with van der Waals surface area (Å²) in [6, 6.07) is 0. The van der Waals surface area contributed by atoms with Crippen LogP contribution in [0.5, 0.6) is 0 Å². The molecule has 0 saturated heterocycles. The zero-order chi connectivity index (χ0) is 9.23. The van der Waals surface area contributed by atoms with Gasteiger partial charge in [0.1, 0.15) is 0 Å². The molecule has 0 fully saturated rings. The molecule has 1 atom stereocenters. The minimum atomic E-state index is 0.909. The molecule has 0 rings (SSSR count). The summed E-state index contributed by atoms with van der Waals surface area (Å²) in [5, 5.41) is 0. The first-order chi connectivity index (χ1) is 5.85. The maximum absolute atomic E-state index is 4.00. The van der Waals surface area contributed by atoms with E-state index in [2.05, 4.69) is 20.8 Å². The van der Waals surface area contributed by atoms with Crippen molar-refractivity contribution in [3.8, 4) is 0 Å². The molecule has 0 bridgehead atoms. The number of unbranched alkanes of at least 4 members (excludes halogenated alkanes) is 3. The van der Waals surface area contributed by atoms with Gasteiger partial charge in [0, 0.05) is 0 Å². The Kier molecular flexibility index (Phi) is 9.09. The summed E-state index contributed by atoms with van der Waals surface area (Å²) in [5.74, 6) is 0.909. The molecule has 1 unspecified atom stereocenters. The molecule has 12 heavy (non-hydrogen) atoms. The van der Waals surface area contributed by atoms with Crippen molar-refractivity contribution in [3.63, 3.8) is 0 Å². The lowest BCUT2D eigenvalue weighted by molar-refractivity contribution is 0.424. The van der Waals surface area contributed by atoms with Crippen LogP contribution in [0.4, 0.5) is 0 Å². The van der Waals surface area contributed by atoms with Crippen LogP contribution in [0.3, 0.4) is 0 Å². The van der Waals surface area contributed by atoms with E-state index in [1.807, 2.05) is 0 Å². The van der Waals surface area contributed by atoms with Gasteiger partial charge in [-0.25, -0.2) is 0 Å². The van der Waals surface area contributed by atoms with Crippen molar-refractivity contribution in [2.24, 2.45) is 5.92 Å². The first kappa shape index (κ1) is 12.0. The van der Waals surface area contributed by atoms with Crippen LogP contribution in [0, 0.1) is 12.8 Å². The fraction of sp³-hybridized carbons (Fsp3) is 0.917. The monoisotopic (exact) mass is 169 g/mol. The van der Waals surface area contributed by atoms with E-state index in [-0.39, 0.29) is 0 Å². The van der Waals surface area contributed by atoms with Crippen molar-refractivity contribution in [1.82, 2.24) is 0 Å². The Labute approximate surface area is 78.8 Å². The largest absolute Gasteiger partial charge is 0.0654 e. The summed E-state index contributed by atoms with van der Waals surface area (Å²) in [7, 11) is 0. The maximum Gasteiger partial charge on any atom is -0.0414 e. The van der Waals surface area contributed by atoms with Gasteiger partial charge in [0.05, 0.1) is 0 Å². The molecule has 0 spiro atoms. The zero-order valence-electron chi connectivity index (χ0n) is 8.94. The Hall–Kier alpha value is 0. The van der Waals surface area contributed by atoms with Crippen LogP contribution < -0.4 is 0 Å². The molecule has 0 aliphatic rings. The third-order valence-electron chi connectivity index (χ3n) is 2.57. The maximum atomic E-state index is 4.00. The van der Waals surface area contributed by atoms with Gasteiger partial charge in [0.2, 0.25) is 0 Å². The van der Waals surface area contributed by atoms with Crippen LogP contribution in [-0.2, 0) is 0 Å². The molecule has 0 nitrogen and oxygen atoms in total. The Balaban J connectivity index is 3.19. The van der Waals surface area contributed by atoms with Gasteiger partial charge in [-0.05, 0) is 5.92 Å². The first-order valence-electron chi connectivity index (χ1n) is 5.64. The molecule has 0 N–H and O–H groups in total. The van der Waals surface area contributed by atoms with Crippen LogP contribution >= 0.6 is 0 Å².